The first-order valence-corrected chi connectivity index (χ1v) is 8.48. The molecule has 2 nitrogen and oxygen atoms in total. The second-order valence-corrected chi connectivity index (χ2v) is 6.41. The van der Waals surface area contributed by atoms with E-state index >= 15 is 0 Å². The number of aryl methyl sites for hydroxylation is 1. The largest absolute Gasteiger partial charge is 0.496 e. The summed E-state index contributed by atoms with van der Waals surface area (Å²) < 4.78 is 5.36. The van der Waals surface area contributed by atoms with Gasteiger partial charge in [0, 0.05) is 12.1 Å². The monoisotopic (exact) mass is 319 g/mol. The molecule has 2 atom stereocenters. The van der Waals surface area contributed by atoms with Crippen molar-refractivity contribution >= 4 is 10.8 Å². The van der Waals surface area contributed by atoms with Crippen LogP contribution in [-0.4, -0.2) is 7.11 Å². The van der Waals surface area contributed by atoms with Crippen LogP contribution < -0.4 is 10.1 Å². The molecule has 0 aliphatic carbocycles. The lowest BCUT2D eigenvalue weighted by Gasteiger charge is -2.22. The van der Waals surface area contributed by atoms with E-state index < -0.39 is 0 Å². The van der Waals surface area contributed by atoms with Crippen molar-refractivity contribution in [1.29, 1.82) is 0 Å². The molecular formula is C22H25NO. The van der Waals surface area contributed by atoms with Crippen molar-refractivity contribution in [2.24, 2.45) is 0 Å². The van der Waals surface area contributed by atoms with Gasteiger partial charge in [0.15, 0.2) is 0 Å². The zero-order valence-corrected chi connectivity index (χ0v) is 14.8. The molecule has 0 aromatic heterocycles. The lowest BCUT2D eigenvalue weighted by atomic mass is 9.98. The molecule has 1 unspecified atom stereocenters. The molecular weight excluding hydrogens is 294 g/mol. The molecule has 0 aliphatic heterocycles. The van der Waals surface area contributed by atoms with Crippen LogP contribution in [0, 0.1) is 6.92 Å². The maximum Gasteiger partial charge on any atom is 0.121 e. The Kier molecular flexibility index (Phi) is 4.86. The van der Waals surface area contributed by atoms with Gasteiger partial charge in [0.25, 0.3) is 0 Å². The molecule has 24 heavy (non-hydrogen) atoms. The minimum Gasteiger partial charge on any atom is -0.496 e. The fraction of sp³-hybridized carbons (Fsp3) is 0.273. The number of ether oxygens (including phenoxy) is 1. The summed E-state index contributed by atoms with van der Waals surface area (Å²) in [6.07, 6.45) is 0. The topological polar surface area (TPSA) is 21.3 Å². The summed E-state index contributed by atoms with van der Waals surface area (Å²) in [5.74, 6) is 0.938. The van der Waals surface area contributed by atoms with Crippen molar-refractivity contribution in [2.45, 2.75) is 32.9 Å². The summed E-state index contributed by atoms with van der Waals surface area (Å²) in [7, 11) is 1.71. The maximum absolute atomic E-state index is 5.36. The number of fused-ring (bicyclic) bond motifs is 1. The van der Waals surface area contributed by atoms with Gasteiger partial charge in [-0.25, -0.2) is 0 Å². The predicted molar refractivity (Wildman–Crippen MR) is 102 cm³/mol. The molecule has 124 valence electrons. The zero-order chi connectivity index (χ0) is 17.1. The molecule has 0 fully saturated rings. The Labute approximate surface area is 144 Å². The average molecular weight is 319 g/mol. The van der Waals surface area contributed by atoms with Gasteiger partial charge in [-0.2, -0.15) is 0 Å². The molecule has 1 N–H and O–H groups in total. The normalized spacial score (nSPS) is 13.7. The van der Waals surface area contributed by atoms with Crippen LogP contribution in [0.2, 0.25) is 0 Å². The van der Waals surface area contributed by atoms with E-state index in [4.69, 9.17) is 4.74 Å². The summed E-state index contributed by atoms with van der Waals surface area (Å²) in [4.78, 5) is 0. The third-order valence-corrected chi connectivity index (χ3v) is 4.71. The minimum absolute atomic E-state index is 0.267. The van der Waals surface area contributed by atoms with E-state index in [-0.39, 0.29) is 12.1 Å². The van der Waals surface area contributed by atoms with Crippen molar-refractivity contribution < 1.29 is 4.74 Å². The molecule has 0 radical (unpaired) electrons. The number of rotatable bonds is 5. The SMILES string of the molecule is COc1ccc(C(C)N[C@H](C)c2cccc3ccccc23)cc1C. The predicted octanol–water partition coefficient (Wildman–Crippen LogP) is 5.57. The van der Waals surface area contributed by atoms with Crippen molar-refractivity contribution in [2.75, 3.05) is 7.11 Å². The molecule has 3 aromatic rings. The molecule has 3 rings (SSSR count). The van der Waals surface area contributed by atoms with E-state index in [1.54, 1.807) is 7.11 Å². The molecule has 0 saturated carbocycles. The van der Waals surface area contributed by atoms with E-state index in [0.717, 1.165) is 5.75 Å². The first-order valence-electron chi connectivity index (χ1n) is 8.48. The maximum atomic E-state index is 5.36. The number of methoxy groups -OCH3 is 1. The molecule has 0 aliphatic rings. The van der Waals surface area contributed by atoms with Gasteiger partial charge in [-0.1, -0.05) is 54.6 Å². The standard InChI is InChI=1S/C22H25NO/c1-15-14-19(12-13-22(15)24-4)16(2)23-17(3)20-11-7-9-18-8-5-6-10-21(18)20/h5-14,16-17,23H,1-4H3/t16?,17-/m1/s1. The number of hydrogen-bond donors (Lipinski definition) is 1. The Balaban J connectivity index is 1.83. The van der Waals surface area contributed by atoms with Crippen molar-refractivity contribution in [3.05, 3.63) is 77.4 Å². The summed E-state index contributed by atoms with van der Waals surface area (Å²) in [6.45, 7) is 6.53. The number of hydrogen-bond acceptors (Lipinski definition) is 2. The van der Waals surface area contributed by atoms with E-state index in [1.165, 1.54) is 27.5 Å². The lowest BCUT2D eigenvalue weighted by molar-refractivity contribution is 0.411. The van der Waals surface area contributed by atoms with Crippen LogP contribution in [0.1, 0.15) is 42.6 Å². The zero-order valence-electron chi connectivity index (χ0n) is 14.8. The lowest BCUT2D eigenvalue weighted by Crippen LogP contribution is -2.22. The van der Waals surface area contributed by atoms with Crippen molar-refractivity contribution in [3.8, 4) is 5.75 Å². The summed E-state index contributed by atoms with van der Waals surface area (Å²) in [5.41, 5.74) is 3.78. The van der Waals surface area contributed by atoms with Crippen LogP contribution in [0.25, 0.3) is 10.8 Å². The Morgan fingerprint density at radius 2 is 1.62 bits per heavy atom. The summed E-state index contributed by atoms with van der Waals surface area (Å²) in [6, 6.07) is 22.0. The molecule has 0 bridgehead atoms. The second kappa shape index (κ2) is 7.06. The van der Waals surface area contributed by atoms with Crippen LogP contribution >= 0.6 is 0 Å². The Bertz CT molecular complexity index is 835. The van der Waals surface area contributed by atoms with E-state index in [9.17, 15) is 0 Å². The molecule has 0 spiro atoms. The van der Waals surface area contributed by atoms with E-state index in [0.29, 0.717) is 0 Å². The van der Waals surface area contributed by atoms with Gasteiger partial charge >= 0.3 is 0 Å². The molecule has 0 heterocycles. The molecule has 0 saturated heterocycles. The summed E-state index contributed by atoms with van der Waals surface area (Å²) >= 11 is 0. The van der Waals surface area contributed by atoms with Crippen LogP contribution in [-0.2, 0) is 0 Å². The van der Waals surface area contributed by atoms with Gasteiger partial charge in [-0.15, -0.1) is 0 Å². The molecule has 0 amide bonds. The van der Waals surface area contributed by atoms with Crippen molar-refractivity contribution in [1.82, 2.24) is 5.32 Å². The third-order valence-electron chi connectivity index (χ3n) is 4.71. The van der Waals surface area contributed by atoms with Gasteiger partial charge < -0.3 is 10.1 Å². The Morgan fingerprint density at radius 3 is 2.38 bits per heavy atom. The first-order chi connectivity index (χ1) is 11.6. The van der Waals surface area contributed by atoms with E-state index in [2.05, 4.69) is 80.7 Å². The first kappa shape index (κ1) is 16.5. The number of nitrogens with one attached hydrogen (secondary N) is 1. The average Bonchev–Trinajstić information content (AvgIpc) is 2.61. The molecule has 3 aromatic carbocycles. The highest BCUT2D eigenvalue weighted by Crippen LogP contribution is 2.28. The van der Waals surface area contributed by atoms with Gasteiger partial charge in [0.1, 0.15) is 5.75 Å². The quantitative estimate of drug-likeness (QED) is 0.664. The number of benzene rings is 3. The van der Waals surface area contributed by atoms with Crippen molar-refractivity contribution in [3.63, 3.8) is 0 Å². The van der Waals surface area contributed by atoms with Gasteiger partial charge in [0.05, 0.1) is 7.11 Å². The molecule has 2 heteroatoms. The van der Waals surface area contributed by atoms with Crippen LogP contribution in [0.3, 0.4) is 0 Å². The fourth-order valence-corrected chi connectivity index (χ4v) is 3.36. The Hall–Kier alpha value is -2.32. The van der Waals surface area contributed by atoms with Gasteiger partial charge in [-0.3, -0.25) is 0 Å². The minimum atomic E-state index is 0.267. The highest BCUT2D eigenvalue weighted by Gasteiger charge is 2.14. The van der Waals surface area contributed by atoms with Gasteiger partial charge in [-0.05, 0) is 54.3 Å². The van der Waals surface area contributed by atoms with Crippen LogP contribution in [0.15, 0.2) is 60.7 Å². The van der Waals surface area contributed by atoms with E-state index in [1.807, 2.05) is 6.07 Å². The van der Waals surface area contributed by atoms with Crippen LogP contribution in [0.5, 0.6) is 5.75 Å². The Morgan fingerprint density at radius 1 is 0.875 bits per heavy atom. The fourth-order valence-electron chi connectivity index (χ4n) is 3.36. The summed E-state index contributed by atoms with van der Waals surface area (Å²) in [5, 5.41) is 6.33. The van der Waals surface area contributed by atoms with Gasteiger partial charge in [0.2, 0.25) is 0 Å². The smallest absolute Gasteiger partial charge is 0.121 e. The third kappa shape index (κ3) is 3.29. The van der Waals surface area contributed by atoms with Crippen LogP contribution in [0.4, 0.5) is 0 Å². The highest BCUT2D eigenvalue weighted by atomic mass is 16.5. The second-order valence-electron chi connectivity index (χ2n) is 6.41. The highest BCUT2D eigenvalue weighted by molar-refractivity contribution is 5.86.